The lowest BCUT2D eigenvalue weighted by atomic mass is 10.3. The molecular weight excluding hydrogens is 363 g/mol. The maximum Gasteiger partial charge on any atom is 0.357 e. The maximum absolute atomic E-state index is 12.1. The number of esters is 1. The Morgan fingerprint density at radius 2 is 1.83 bits per heavy atom. The Morgan fingerprint density at radius 3 is 2.48 bits per heavy atom. The van der Waals surface area contributed by atoms with E-state index in [-0.39, 0.29) is 10.7 Å². The number of benzene rings is 1. The Kier molecular flexibility index (Phi) is 5.82. The van der Waals surface area contributed by atoms with Crippen LogP contribution in [0, 0.1) is 0 Å². The fourth-order valence-electron chi connectivity index (χ4n) is 1.62. The number of rotatable bonds is 4. The summed E-state index contributed by atoms with van der Waals surface area (Å²) in [5, 5.41) is 3.62. The molecule has 1 aromatic heterocycles. The highest BCUT2D eigenvalue weighted by Crippen LogP contribution is 2.25. The molecule has 1 aromatic carbocycles. The monoisotopic (exact) mass is 372 g/mol. The summed E-state index contributed by atoms with van der Waals surface area (Å²) in [5.74, 6) is -1.29. The van der Waals surface area contributed by atoms with Gasteiger partial charge < -0.3 is 10.1 Å². The van der Waals surface area contributed by atoms with Crippen LogP contribution >= 0.6 is 34.8 Å². The highest BCUT2D eigenvalue weighted by Gasteiger charge is 2.20. The Bertz CT molecular complexity index is 752. The summed E-state index contributed by atoms with van der Waals surface area (Å²) in [6, 6.07) is 7.50. The van der Waals surface area contributed by atoms with Crippen LogP contribution in [0.15, 0.2) is 36.5 Å². The zero-order chi connectivity index (χ0) is 17.0. The number of ether oxygens (including phenoxy) is 1. The van der Waals surface area contributed by atoms with Crippen molar-refractivity contribution in [2.24, 2.45) is 0 Å². The smallest absolute Gasteiger partial charge is 0.357 e. The Hall–Kier alpha value is -1.82. The quantitative estimate of drug-likeness (QED) is 0.815. The Morgan fingerprint density at radius 1 is 1.13 bits per heavy atom. The molecule has 0 unspecified atom stereocenters. The first kappa shape index (κ1) is 17.5. The topological polar surface area (TPSA) is 68.3 Å². The van der Waals surface area contributed by atoms with Crippen molar-refractivity contribution in [1.82, 2.24) is 4.98 Å². The van der Waals surface area contributed by atoms with E-state index in [1.54, 1.807) is 12.1 Å². The molecule has 2 rings (SSSR count). The summed E-state index contributed by atoms with van der Waals surface area (Å²) in [6.07, 6.45) is 0.326. The number of carbonyl (C=O) groups excluding carboxylic acids is 2. The van der Waals surface area contributed by atoms with Gasteiger partial charge in [0.25, 0.3) is 5.91 Å². The van der Waals surface area contributed by atoms with Gasteiger partial charge in [0.15, 0.2) is 6.10 Å². The van der Waals surface area contributed by atoms with Gasteiger partial charge in [0.1, 0.15) is 5.69 Å². The second-order valence-corrected chi connectivity index (χ2v) is 5.80. The van der Waals surface area contributed by atoms with Crippen molar-refractivity contribution in [2.45, 2.75) is 13.0 Å². The predicted molar refractivity (Wildman–Crippen MR) is 89.2 cm³/mol. The number of aromatic nitrogens is 1. The van der Waals surface area contributed by atoms with E-state index < -0.39 is 18.0 Å². The molecule has 2 aromatic rings. The fraction of sp³-hybridized carbons (Fsp3) is 0.133. The number of nitrogens with one attached hydrogen (secondary N) is 1. The van der Waals surface area contributed by atoms with Crippen LogP contribution in [0.2, 0.25) is 15.1 Å². The summed E-state index contributed by atoms with van der Waals surface area (Å²) in [4.78, 5) is 27.8. The van der Waals surface area contributed by atoms with E-state index >= 15 is 0 Å². The van der Waals surface area contributed by atoms with Gasteiger partial charge in [-0.15, -0.1) is 0 Å². The molecule has 0 aliphatic heterocycles. The minimum Gasteiger partial charge on any atom is -0.448 e. The molecule has 120 valence electrons. The molecule has 0 saturated carbocycles. The highest BCUT2D eigenvalue weighted by atomic mass is 35.5. The van der Waals surface area contributed by atoms with Crippen molar-refractivity contribution in [1.29, 1.82) is 0 Å². The molecule has 0 bridgehead atoms. The number of carbonyl (C=O) groups is 2. The number of hydrogen-bond acceptors (Lipinski definition) is 4. The largest absolute Gasteiger partial charge is 0.448 e. The number of anilines is 1. The zero-order valence-corrected chi connectivity index (χ0v) is 14.1. The van der Waals surface area contributed by atoms with Crippen LogP contribution in [0.5, 0.6) is 0 Å². The SMILES string of the molecule is C[C@H](OC(=O)c1cc(Cl)ccn1)C(=O)Nc1ccc(Cl)cc1Cl. The van der Waals surface area contributed by atoms with Gasteiger partial charge in [0.2, 0.25) is 0 Å². The number of halogens is 3. The molecule has 8 heteroatoms. The van der Waals surface area contributed by atoms with Crippen LogP contribution in [-0.2, 0) is 9.53 Å². The normalized spacial score (nSPS) is 11.7. The summed E-state index contributed by atoms with van der Waals surface area (Å²) >= 11 is 17.5. The third-order valence-corrected chi connectivity index (χ3v) is 3.56. The van der Waals surface area contributed by atoms with E-state index in [1.807, 2.05) is 0 Å². The molecule has 5 nitrogen and oxygen atoms in total. The van der Waals surface area contributed by atoms with E-state index in [4.69, 9.17) is 39.5 Å². The first-order valence-electron chi connectivity index (χ1n) is 6.45. The third kappa shape index (κ3) is 4.82. The van der Waals surface area contributed by atoms with Crippen molar-refractivity contribution in [2.75, 3.05) is 5.32 Å². The number of pyridine rings is 1. The Balaban J connectivity index is 2.01. The van der Waals surface area contributed by atoms with Gasteiger partial charge in [-0.1, -0.05) is 34.8 Å². The molecule has 1 amide bonds. The first-order valence-corrected chi connectivity index (χ1v) is 7.58. The van der Waals surface area contributed by atoms with Crippen LogP contribution in [0.3, 0.4) is 0 Å². The van der Waals surface area contributed by atoms with Crippen LogP contribution < -0.4 is 5.32 Å². The van der Waals surface area contributed by atoms with Crippen LogP contribution in [0.1, 0.15) is 17.4 Å². The average molecular weight is 374 g/mol. The molecule has 0 aliphatic carbocycles. The molecule has 0 saturated heterocycles. The minimum atomic E-state index is -1.05. The second kappa shape index (κ2) is 7.64. The van der Waals surface area contributed by atoms with E-state index in [0.29, 0.717) is 15.7 Å². The third-order valence-electron chi connectivity index (χ3n) is 2.77. The van der Waals surface area contributed by atoms with Crippen LogP contribution in [-0.4, -0.2) is 23.0 Å². The first-order chi connectivity index (χ1) is 10.9. The summed E-state index contributed by atoms with van der Waals surface area (Å²) in [6.45, 7) is 1.43. The molecule has 1 N–H and O–H groups in total. The van der Waals surface area contributed by atoms with Gasteiger partial charge in [-0.05, 0) is 37.3 Å². The van der Waals surface area contributed by atoms with Crippen molar-refractivity contribution < 1.29 is 14.3 Å². The molecule has 0 aliphatic rings. The van der Waals surface area contributed by atoms with Gasteiger partial charge in [0.05, 0.1) is 10.7 Å². The lowest BCUT2D eigenvalue weighted by Gasteiger charge is -2.14. The molecule has 23 heavy (non-hydrogen) atoms. The van der Waals surface area contributed by atoms with Crippen molar-refractivity contribution in [3.63, 3.8) is 0 Å². The van der Waals surface area contributed by atoms with Gasteiger partial charge in [-0.2, -0.15) is 0 Å². The predicted octanol–water partition coefficient (Wildman–Crippen LogP) is 4.23. The fourth-order valence-corrected chi connectivity index (χ4v) is 2.23. The summed E-state index contributed by atoms with van der Waals surface area (Å²) in [5.41, 5.74) is 0.381. The van der Waals surface area contributed by atoms with Crippen molar-refractivity contribution >= 4 is 52.4 Å². The summed E-state index contributed by atoms with van der Waals surface area (Å²) in [7, 11) is 0. The van der Waals surface area contributed by atoms with Crippen LogP contribution in [0.4, 0.5) is 5.69 Å². The summed E-state index contributed by atoms with van der Waals surface area (Å²) < 4.78 is 5.05. The van der Waals surface area contributed by atoms with Gasteiger partial charge in [-0.3, -0.25) is 4.79 Å². The van der Waals surface area contributed by atoms with E-state index in [0.717, 1.165) is 0 Å². The molecule has 1 atom stereocenters. The number of hydrogen-bond donors (Lipinski definition) is 1. The van der Waals surface area contributed by atoms with E-state index in [1.165, 1.54) is 31.3 Å². The molecule has 0 fully saturated rings. The lowest BCUT2D eigenvalue weighted by Crippen LogP contribution is -2.30. The van der Waals surface area contributed by atoms with E-state index in [2.05, 4.69) is 10.3 Å². The molecule has 0 radical (unpaired) electrons. The Labute approximate surface area is 147 Å². The molecule has 0 spiro atoms. The zero-order valence-electron chi connectivity index (χ0n) is 11.8. The van der Waals surface area contributed by atoms with Crippen molar-refractivity contribution in [3.05, 3.63) is 57.3 Å². The maximum atomic E-state index is 12.1. The molecule has 1 heterocycles. The minimum absolute atomic E-state index is 0.0154. The van der Waals surface area contributed by atoms with Crippen molar-refractivity contribution in [3.8, 4) is 0 Å². The highest BCUT2D eigenvalue weighted by molar-refractivity contribution is 6.36. The van der Waals surface area contributed by atoms with Crippen LogP contribution in [0.25, 0.3) is 0 Å². The number of nitrogens with zero attached hydrogens (tertiary/aromatic N) is 1. The second-order valence-electron chi connectivity index (χ2n) is 4.52. The van der Waals surface area contributed by atoms with E-state index in [9.17, 15) is 9.59 Å². The average Bonchev–Trinajstić information content (AvgIpc) is 2.49. The van der Waals surface area contributed by atoms with Gasteiger partial charge in [0, 0.05) is 16.2 Å². The molecular formula is C15H11Cl3N2O3. The lowest BCUT2D eigenvalue weighted by molar-refractivity contribution is -0.123. The van der Waals surface area contributed by atoms with Gasteiger partial charge >= 0.3 is 5.97 Å². The van der Waals surface area contributed by atoms with Gasteiger partial charge in [-0.25, -0.2) is 9.78 Å². The standard InChI is InChI=1S/C15H11Cl3N2O3/c1-8(23-15(22)13-7-10(17)4-5-19-13)14(21)20-12-3-2-9(16)6-11(12)18/h2-8H,1H3,(H,20,21)/t8-/m0/s1. The number of amides is 1.